The van der Waals surface area contributed by atoms with Gasteiger partial charge in [0.1, 0.15) is 19.7 Å². The summed E-state index contributed by atoms with van der Waals surface area (Å²) in [6.45, 7) is -0.611. The number of pyridine rings is 1. The van der Waals surface area contributed by atoms with Crippen LogP contribution in [-0.2, 0) is 18.4 Å². The van der Waals surface area contributed by atoms with Crippen molar-refractivity contribution >= 4 is 37.1 Å². The van der Waals surface area contributed by atoms with Gasteiger partial charge in [-0.2, -0.15) is 0 Å². The third-order valence-corrected chi connectivity index (χ3v) is 5.79. The van der Waals surface area contributed by atoms with Crippen LogP contribution in [0.1, 0.15) is 10.4 Å². The minimum Gasteiger partial charge on any atom is -0.352 e. The lowest BCUT2D eigenvalue weighted by molar-refractivity contribution is -0.870. The van der Waals surface area contributed by atoms with Crippen molar-refractivity contribution in [1.82, 2.24) is 15.2 Å². The van der Waals surface area contributed by atoms with Crippen LogP contribution in [0.25, 0.3) is 0 Å². The number of hydrogen-bond acceptors (Lipinski definition) is 9. The number of aromatic nitrogens is 1. The van der Waals surface area contributed by atoms with Gasteiger partial charge in [0, 0.05) is 18.8 Å². The SMILES string of the molecule is C#CCN(CC(=O)NCCOP(=O)(O)OCC[N+](C)(C)C)C(=O)c1cnc(SC)c([N+](=O)[O-])c1. The quantitative estimate of drug-likeness (QED) is 0.0684. The van der Waals surface area contributed by atoms with Gasteiger partial charge in [-0.15, -0.1) is 18.2 Å². The summed E-state index contributed by atoms with van der Waals surface area (Å²) in [6, 6.07) is 1.08. The molecule has 0 aliphatic rings. The van der Waals surface area contributed by atoms with Crippen LogP contribution in [0.3, 0.4) is 0 Å². The number of phosphoric ester groups is 1. The van der Waals surface area contributed by atoms with Crippen LogP contribution >= 0.6 is 19.6 Å². The van der Waals surface area contributed by atoms with Gasteiger partial charge < -0.3 is 19.6 Å². The first-order chi connectivity index (χ1) is 15.8. The Labute approximate surface area is 202 Å². The molecule has 0 aliphatic heterocycles. The summed E-state index contributed by atoms with van der Waals surface area (Å²) < 4.78 is 22.0. The molecule has 34 heavy (non-hydrogen) atoms. The molecular formula is C19H29N5O8PS+. The number of nitrogens with zero attached hydrogens (tertiary/aromatic N) is 4. The van der Waals surface area contributed by atoms with Crippen molar-refractivity contribution in [3.05, 3.63) is 27.9 Å². The van der Waals surface area contributed by atoms with Gasteiger partial charge in [0.2, 0.25) is 5.91 Å². The maximum Gasteiger partial charge on any atom is 0.472 e. The number of nitro groups is 1. The van der Waals surface area contributed by atoms with Crippen LogP contribution in [0.4, 0.5) is 5.69 Å². The van der Waals surface area contributed by atoms with E-state index in [-0.39, 0.29) is 42.6 Å². The first kappa shape index (κ1) is 29.5. The van der Waals surface area contributed by atoms with Crippen molar-refractivity contribution < 1.29 is 37.5 Å². The third kappa shape index (κ3) is 10.6. The fourth-order valence-corrected chi connectivity index (χ4v) is 3.60. The number of amides is 2. The third-order valence-electron chi connectivity index (χ3n) is 4.07. The van der Waals surface area contributed by atoms with Gasteiger partial charge in [-0.1, -0.05) is 5.92 Å². The Morgan fingerprint density at radius 1 is 1.38 bits per heavy atom. The van der Waals surface area contributed by atoms with Gasteiger partial charge in [0.15, 0.2) is 5.03 Å². The van der Waals surface area contributed by atoms with Gasteiger partial charge in [-0.25, -0.2) is 9.55 Å². The molecule has 0 bridgehead atoms. The molecule has 188 valence electrons. The summed E-state index contributed by atoms with van der Waals surface area (Å²) in [5, 5.41) is 13.8. The lowest BCUT2D eigenvalue weighted by atomic mass is 10.2. The van der Waals surface area contributed by atoms with Crippen molar-refractivity contribution in [2.75, 3.05) is 66.8 Å². The zero-order valence-corrected chi connectivity index (χ0v) is 21.1. The largest absolute Gasteiger partial charge is 0.472 e. The molecule has 0 fully saturated rings. The van der Waals surface area contributed by atoms with E-state index in [1.54, 1.807) is 6.26 Å². The van der Waals surface area contributed by atoms with E-state index >= 15 is 0 Å². The molecule has 15 heteroatoms. The highest BCUT2D eigenvalue weighted by molar-refractivity contribution is 7.98. The minimum atomic E-state index is -4.27. The van der Waals surface area contributed by atoms with Gasteiger partial charge in [-0.3, -0.25) is 28.8 Å². The molecule has 1 aromatic heterocycles. The van der Waals surface area contributed by atoms with E-state index in [1.807, 2.05) is 21.1 Å². The van der Waals surface area contributed by atoms with Gasteiger partial charge in [0.05, 0.1) is 44.8 Å². The van der Waals surface area contributed by atoms with Crippen molar-refractivity contribution in [2.45, 2.75) is 5.03 Å². The molecule has 13 nitrogen and oxygen atoms in total. The summed E-state index contributed by atoms with van der Waals surface area (Å²) in [7, 11) is 1.42. The fourth-order valence-electron chi connectivity index (χ4n) is 2.39. The van der Waals surface area contributed by atoms with Crippen LogP contribution in [0.5, 0.6) is 0 Å². The Morgan fingerprint density at radius 2 is 2.03 bits per heavy atom. The number of carbonyl (C=O) groups is 2. The predicted octanol–water partition coefficient (Wildman–Crippen LogP) is 0.743. The molecule has 2 amide bonds. The molecule has 0 aromatic carbocycles. The van der Waals surface area contributed by atoms with E-state index in [0.717, 1.165) is 22.7 Å². The number of phosphoric acid groups is 1. The summed E-state index contributed by atoms with van der Waals surface area (Å²) in [5.74, 6) is 0.929. The van der Waals surface area contributed by atoms with Crippen LogP contribution in [-0.4, -0.2) is 103 Å². The Morgan fingerprint density at radius 3 is 2.59 bits per heavy atom. The van der Waals surface area contributed by atoms with Crippen LogP contribution < -0.4 is 5.32 Å². The lowest BCUT2D eigenvalue weighted by Crippen LogP contribution is -2.41. The average molecular weight is 519 g/mol. The predicted molar refractivity (Wildman–Crippen MR) is 125 cm³/mol. The highest BCUT2D eigenvalue weighted by Crippen LogP contribution is 2.42. The zero-order chi connectivity index (χ0) is 25.9. The second kappa shape index (κ2) is 13.4. The van der Waals surface area contributed by atoms with Crippen molar-refractivity contribution in [1.29, 1.82) is 0 Å². The molecule has 0 saturated carbocycles. The lowest BCUT2D eigenvalue weighted by Gasteiger charge is -2.24. The fraction of sp³-hybridized carbons (Fsp3) is 0.526. The monoisotopic (exact) mass is 518 g/mol. The van der Waals surface area contributed by atoms with Crippen LogP contribution in [0.2, 0.25) is 0 Å². The Bertz CT molecular complexity index is 978. The standard InChI is InChI=1S/C19H28N5O8PS/c1-6-8-22(19(26)15-12-16(23(27)28)18(34-5)21-13-15)14-17(25)20-7-10-31-33(29,30)32-11-9-24(2,3)4/h1,12-13H,7-11,14H2,2-5H3,(H-,20,25,29,30)/p+1. The molecule has 1 heterocycles. The molecule has 0 aliphatic carbocycles. The van der Waals surface area contributed by atoms with Crippen LogP contribution in [0, 0.1) is 22.5 Å². The van der Waals surface area contributed by atoms with Crippen molar-refractivity contribution in [3.63, 3.8) is 0 Å². The first-order valence-electron chi connectivity index (χ1n) is 9.90. The number of hydrogen-bond donors (Lipinski definition) is 2. The summed E-state index contributed by atoms with van der Waals surface area (Å²) in [6.07, 6.45) is 8.07. The number of quaternary nitrogens is 1. The maximum atomic E-state index is 12.7. The van der Waals surface area contributed by atoms with Gasteiger partial charge >= 0.3 is 13.5 Å². The molecular weight excluding hydrogens is 489 g/mol. The molecule has 0 radical (unpaired) electrons. The molecule has 1 atom stereocenters. The van der Waals surface area contributed by atoms with E-state index in [2.05, 4.69) is 16.2 Å². The number of likely N-dealkylation sites (N-methyl/N-ethyl adjacent to an activating group) is 1. The number of terminal acetylenes is 1. The average Bonchev–Trinajstić information content (AvgIpc) is 2.74. The van der Waals surface area contributed by atoms with Crippen molar-refractivity contribution in [2.24, 2.45) is 0 Å². The maximum absolute atomic E-state index is 12.7. The molecule has 2 N–H and O–H groups in total. The minimum absolute atomic E-state index is 0.0116. The van der Waals surface area contributed by atoms with E-state index in [9.17, 15) is 29.2 Å². The topological polar surface area (TPSA) is 161 Å². The molecule has 0 spiro atoms. The van der Waals surface area contributed by atoms with Gasteiger partial charge in [-0.05, 0) is 6.26 Å². The molecule has 1 rings (SSSR count). The molecule has 1 aromatic rings. The second-order valence-electron chi connectivity index (χ2n) is 7.87. The van der Waals surface area contributed by atoms with Gasteiger partial charge in [0.25, 0.3) is 5.91 Å². The number of rotatable bonds is 14. The molecule has 0 saturated heterocycles. The smallest absolute Gasteiger partial charge is 0.352 e. The Kier molecular flexibility index (Phi) is 11.6. The number of thioether (sulfide) groups is 1. The summed E-state index contributed by atoms with van der Waals surface area (Å²) in [4.78, 5) is 50.1. The van der Waals surface area contributed by atoms with E-state index in [0.29, 0.717) is 11.0 Å². The highest BCUT2D eigenvalue weighted by Gasteiger charge is 2.24. The Hall–Kier alpha value is -2.53. The first-order valence-corrected chi connectivity index (χ1v) is 12.6. The number of carbonyl (C=O) groups excluding carboxylic acids is 2. The van der Waals surface area contributed by atoms with Crippen molar-refractivity contribution in [3.8, 4) is 12.3 Å². The van der Waals surface area contributed by atoms with Crippen LogP contribution in [0.15, 0.2) is 17.3 Å². The highest BCUT2D eigenvalue weighted by atomic mass is 32.2. The summed E-state index contributed by atoms with van der Waals surface area (Å²) in [5.41, 5.74) is -0.430. The van der Waals surface area contributed by atoms with E-state index in [4.69, 9.17) is 15.5 Å². The number of nitrogens with one attached hydrogen (secondary N) is 1. The summed E-state index contributed by atoms with van der Waals surface area (Å²) >= 11 is 1.06. The van der Waals surface area contributed by atoms with E-state index in [1.165, 1.54) is 6.20 Å². The normalized spacial score (nSPS) is 12.9. The second-order valence-corrected chi connectivity index (χ2v) is 10.1. The Balaban J connectivity index is 2.63. The zero-order valence-electron chi connectivity index (χ0n) is 19.4. The molecule has 1 unspecified atom stereocenters. The van der Waals surface area contributed by atoms with E-state index < -0.39 is 31.1 Å².